The summed E-state index contributed by atoms with van der Waals surface area (Å²) in [5.74, 6) is 0.210. The number of amides is 1. The first-order chi connectivity index (χ1) is 16.1. The van der Waals surface area contributed by atoms with E-state index in [-0.39, 0.29) is 18.6 Å². The van der Waals surface area contributed by atoms with Gasteiger partial charge in [0.2, 0.25) is 0 Å². The van der Waals surface area contributed by atoms with Crippen molar-refractivity contribution in [2.45, 2.75) is 70.8 Å². The van der Waals surface area contributed by atoms with E-state index in [1.807, 2.05) is 18.2 Å². The molecule has 1 aromatic carbocycles. The fourth-order valence-corrected chi connectivity index (χ4v) is 5.77. The third-order valence-corrected chi connectivity index (χ3v) is 7.37. The molecule has 1 heterocycles. The Morgan fingerprint density at radius 2 is 1.97 bits per heavy atom. The highest BCUT2D eigenvalue weighted by Gasteiger charge is 2.27. The van der Waals surface area contributed by atoms with E-state index in [9.17, 15) is 9.59 Å². The molecule has 2 aliphatic rings. The SMILES string of the molecule is CCOC(=O)COc1cccc(C=Nc2sc3c(c2C(=O)NC2CCCCC2)CCCC3)c1. The number of esters is 1. The Balaban J connectivity index is 1.51. The van der Waals surface area contributed by atoms with E-state index in [4.69, 9.17) is 14.5 Å². The van der Waals surface area contributed by atoms with Crippen molar-refractivity contribution in [1.29, 1.82) is 0 Å². The van der Waals surface area contributed by atoms with Gasteiger partial charge < -0.3 is 14.8 Å². The molecule has 176 valence electrons. The number of rotatable bonds is 8. The maximum Gasteiger partial charge on any atom is 0.344 e. The molecule has 2 aliphatic carbocycles. The predicted molar refractivity (Wildman–Crippen MR) is 131 cm³/mol. The Bertz CT molecular complexity index is 1010. The maximum atomic E-state index is 13.3. The van der Waals surface area contributed by atoms with Gasteiger partial charge in [0.25, 0.3) is 5.91 Å². The number of thiophene rings is 1. The lowest BCUT2D eigenvalue weighted by Crippen LogP contribution is -2.36. The Labute approximate surface area is 199 Å². The Morgan fingerprint density at radius 3 is 2.79 bits per heavy atom. The zero-order valence-electron chi connectivity index (χ0n) is 19.2. The largest absolute Gasteiger partial charge is 0.482 e. The van der Waals surface area contributed by atoms with Gasteiger partial charge in [0, 0.05) is 17.1 Å². The Hall–Kier alpha value is -2.67. The van der Waals surface area contributed by atoms with Crippen molar-refractivity contribution >= 4 is 34.4 Å². The first-order valence-corrected chi connectivity index (χ1v) is 12.8. The monoisotopic (exact) mass is 468 g/mol. The molecule has 0 atom stereocenters. The van der Waals surface area contributed by atoms with Crippen molar-refractivity contribution in [3.63, 3.8) is 0 Å². The lowest BCUT2D eigenvalue weighted by Gasteiger charge is -2.23. The van der Waals surface area contributed by atoms with Gasteiger partial charge in [-0.25, -0.2) is 9.79 Å². The molecule has 33 heavy (non-hydrogen) atoms. The molecule has 0 unspecified atom stereocenters. The van der Waals surface area contributed by atoms with Crippen LogP contribution in [0.1, 0.15) is 78.2 Å². The summed E-state index contributed by atoms with van der Waals surface area (Å²) in [7, 11) is 0. The van der Waals surface area contributed by atoms with Crippen molar-refractivity contribution in [2.24, 2.45) is 4.99 Å². The molecule has 1 saturated carbocycles. The Morgan fingerprint density at radius 1 is 1.15 bits per heavy atom. The summed E-state index contributed by atoms with van der Waals surface area (Å²) in [6, 6.07) is 7.69. The van der Waals surface area contributed by atoms with Gasteiger partial charge in [-0.15, -0.1) is 11.3 Å². The van der Waals surface area contributed by atoms with Crippen LogP contribution < -0.4 is 10.1 Å². The quantitative estimate of drug-likeness (QED) is 0.417. The van der Waals surface area contributed by atoms with Crippen molar-refractivity contribution in [3.05, 3.63) is 45.8 Å². The smallest absolute Gasteiger partial charge is 0.344 e. The summed E-state index contributed by atoms with van der Waals surface area (Å²) in [4.78, 5) is 30.9. The molecular formula is C26H32N2O4S. The van der Waals surface area contributed by atoms with E-state index in [0.29, 0.717) is 12.4 Å². The van der Waals surface area contributed by atoms with E-state index in [1.165, 1.54) is 36.1 Å². The van der Waals surface area contributed by atoms with Crippen LogP contribution in [0.3, 0.4) is 0 Å². The van der Waals surface area contributed by atoms with Crippen LogP contribution in [0.2, 0.25) is 0 Å². The summed E-state index contributed by atoms with van der Waals surface area (Å²) in [5, 5.41) is 4.07. The van der Waals surface area contributed by atoms with Crippen LogP contribution in [0, 0.1) is 0 Å². The zero-order chi connectivity index (χ0) is 23.0. The van der Waals surface area contributed by atoms with Gasteiger partial charge in [0.1, 0.15) is 10.8 Å². The highest BCUT2D eigenvalue weighted by molar-refractivity contribution is 7.16. The lowest BCUT2D eigenvalue weighted by molar-refractivity contribution is -0.145. The van der Waals surface area contributed by atoms with Crippen LogP contribution in [0.5, 0.6) is 5.75 Å². The van der Waals surface area contributed by atoms with E-state index in [1.54, 1.807) is 30.5 Å². The second-order valence-corrected chi connectivity index (χ2v) is 9.71. The molecule has 0 bridgehead atoms. The van der Waals surface area contributed by atoms with Gasteiger partial charge in [0.05, 0.1) is 12.2 Å². The maximum absolute atomic E-state index is 13.3. The number of aliphatic imine (C=N–C) groups is 1. The molecule has 0 saturated heterocycles. The molecule has 1 fully saturated rings. The number of fused-ring (bicyclic) bond motifs is 1. The second-order valence-electron chi connectivity index (χ2n) is 8.62. The number of ether oxygens (including phenoxy) is 2. The van der Waals surface area contributed by atoms with Gasteiger partial charge in [-0.2, -0.15) is 0 Å². The predicted octanol–water partition coefficient (Wildman–Crippen LogP) is 5.38. The first-order valence-electron chi connectivity index (χ1n) is 12.0. The molecule has 7 heteroatoms. The number of nitrogens with zero attached hydrogens (tertiary/aromatic N) is 1. The average Bonchev–Trinajstić information content (AvgIpc) is 3.21. The molecular weight excluding hydrogens is 436 g/mol. The molecule has 0 radical (unpaired) electrons. The highest BCUT2D eigenvalue weighted by atomic mass is 32.1. The number of aryl methyl sites for hydroxylation is 1. The number of benzene rings is 1. The standard InChI is InChI=1S/C26H32N2O4S/c1-2-31-23(29)17-32-20-12-8-9-18(15-20)16-27-26-24(21-13-6-7-14-22(21)33-26)25(30)28-19-10-4-3-5-11-19/h8-9,12,15-16,19H,2-7,10-11,13-14,17H2,1H3,(H,28,30). The molecule has 0 aliphatic heterocycles. The second kappa shape index (κ2) is 11.5. The number of carbonyl (C=O) groups excluding carboxylic acids is 2. The molecule has 1 aromatic heterocycles. The van der Waals surface area contributed by atoms with Crippen molar-refractivity contribution in [1.82, 2.24) is 5.32 Å². The molecule has 1 amide bonds. The van der Waals surface area contributed by atoms with Crippen LogP contribution >= 0.6 is 11.3 Å². The topological polar surface area (TPSA) is 77.0 Å². The van der Waals surface area contributed by atoms with Gasteiger partial charge in [-0.05, 0) is 68.7 Å². The third-order valence-electron chi connectivity index (χ3n) is 6.17. The summed E-state index contributed by atoms with van der Waals surface area (Å²) in [6.45, 7) is 1.97. The van der Waals surface area contributed by atoms with E-state index in [2.05, 4.69) is 5.32 Å². The summed E-state index contributed by atoms with van der Waals surface area (Å²) in [6.07, 6.45) is 11.8. The number of hydrogen-bond acceptors (Lipinski definition) is 6. The first kappa shape index (κ1) is 23.5. The Kier molecular flexibility index (Phi) is 8.15. The minimum atomic E-state index is -0.394. The summed E-state index contributed by atoms with van der Waals surface area (Å²) >= 11 is 1.64. The molecule has 1 N–H and O–H groups in total. The highest BCUT2D eigenvalue weighted by Crippen LogP contribution is 2.40. The number of carbonyl (C=O) groups is 2. The fourth-order valence-electron chi connectivity index (χ4n) is 4.54. The number of hydrogen-bond donors (Lipinski definition) is 1. The van der Waals surface area contributed by atoms with E-state index < -0.39 is 5.97 Å². The van der Waals surface area contributed by atoms with Crippen LogP contribution in [0.15, 0.2) is 29.3 Å². The minimum Gasteiger partial charge on any atom is -0.482 e. The molecule has 0 spiro atoms. The van der Waals surface area contributed by atoms with Gasteiger partial charge in [0.15, 0.2) is 6.61 Å². The average molecular weight is 469 g/mol. The molecule has 4 rings (SSSR count). The zero-order valence-corrected chi connectivity index (χ0v) is 20.0. The molecule has 2 aromatic rings. The van der Waals surface area contributed by atoms with Crippen LogP contribution in [-0.4, -0.2) is 37.3 Å². The lowest BCUT2D eigenvalue weighted by atomic mass is 9.93. The normalized spacial score (nSPS) is 16.4. The molecule has 6 nitrogen and oxygen atoms in total. The van der Waals surface area contributed by atoms with E-state index >= 15 is 0 Å². The summed E-state index contributed by atoms with van der Waals surface area (Å²) in [5.41, 5.74) is 2.81. The van der Waals surface area contributed by atoms with Gasteiger partial charge in [-0.1, -0.05) is 31.4 Å². The van der Waals surface area contributed by atoms with Crippen molar-refractivity contribution < 1.29 is 19.1 Å². The van der Waals surface area contributed by atoms with Gasteiger partial charge in [-0.3, -0.25) is 4.79 Å². The van der Waals surface area contributed by atoms with Gasteiger partial charge >= 0.3 is 5.97 Å². The number of nitrogens with one attached hydrogen (secondary N) is 1. The fraction of sp³-hybridized carbons (Fsp3) is 0.500. The van der Waals surface area contributed by atoms with E-state index in [0.717, 1.165) is 48.2 Å². The third kappa shape index (κ3) is 6.22. The van der Waals surface area contributed by atoms with Crippen LogP contribution in [0.25, 0.3) is 0 Å². The summed E-state index contributed by atoms with van der Waals surface area (Å²) < 4.78 is 10.4. The van der Waals surface area contributed by atoms with Crippen molar-refractivity contribution in [2.75, 3.05) is 13.2 Å². The van der Waals surface area contributed by atoms with Crippen molar-refractivity contribution in [3.8, 4) is 5.75 Å². The van der Waals surface area contributed by atoms with Crippen LogP contribution in [0.4, 0.5) is 5.00 Å². The van der Waals surface area contributed by atoms with Crippen LogP contribution in [-0.2, 0) is 22.4 Å². The minimum absolute atomic E-state index is 0.0278.